The Morgan fingerprint density at radius 3 is 2.61 bits per heavy atom. The van der Waals surface area contributed by atoms with Crippen molar-refractivity contribution in [1.82, 2.24) is 9.97 Å². The van der Waals surface area contributed by atoms with E-state index in [0.717, 1.165) is 50.1 Å². The molecule has 164 valence electrons. The summed E-state index contributed by atoms with van der Waals surface area (Å²) < 4.78 is 0. The fourth-order valence-electron chi connectivity index (χ4n) is 3.72. The highest BCUT2D eigenvalue weighted by Crippen LogP contribution is 2.36. The minimum atomic E-state index is 0.244. The predicted octanol–water partition coefficient (Wildman–Crippen LogP) is 7.08. The number of phenolic OH excluding ortho intramolecular Hbond substituents is 1. The summed E-state index contributed by atoms with van der Waals surface area (Å²) in [6, 6.07) is 17.7. The lowest BCUT2D eigenvalue weighted by atomic mass is 9.97. The lowest BCUT2D eigenvalue weighted by Gasteiger charge is -2.15. The zero-order valence-electron chi connectivity index (χ0n) is 18.9. The number of rotatable bonds is 7. The lowest BCUT2D eigenvalue weighted by Crippen LogP contribution is -2.06. The second kappa shape index (κ2) is 9.96. The van der Waals surface area contributed by atoms with E-state index in [1.165, 1.54) is 0 Å². The molecule has 2 aromatic heterocycles. The third-order valence-corrected chi connectivity index (χ3v) is 5.33. The molecular weight excluding hydrogens is 406 g/mol. The molecule has 0 aliphatic heterocycles. The van der Waals surface area contributed by atoms with Crippen molar-refractivity contribution in [2.24, 2.45) is 0 Å². The third-order valence-electron chi connectivity index (χ3n) is 5.33. The van der Waals surface area contributed by atoms with Gasteiger partial charge in [-0.15, -0.1) is 0 Å². The number of aromatic nitrogens is 2. The molecule has 0 saturated heterocycles. The molecule has 2 aromatic carbocycles. The molecule has 0 bridgehead atoms. The van der Waals surface area contributed by atoms with Gasteiger partial charge < -0.3 is 10.4 Å². The Morgan fingerprint density at radius 2 is 1.85 bits per heavy atom. The first-order valence-electron chi connectivity index (χ1n) is 10.9. The van der Waals surface area contributed by atoms with Gasteiger partial charge in [-0.1, -0.05) is 61.2 Å². The van der Waals surface area contributed by atoms with E-state index in [-0.39, 0.29) is 5.75 Å². The predicted molar refractivity (Wildman–Crippen MR) is 138 cm³/mol. The molecule has 4 nitrogen and oxygen atoms in total. The minimum absolute atomic E-state index is 0.244. The summed E-state index contributed by atoms with van der Waals surface area (Å²) in [4.78, 5) is 9.35. The zero-order valence-corrected chi connectivity index (χ0v) is 18.9. The van der Waals surface area contributed by atoms with Gasteiger partial charge in [-0.2, -0.15) is 0 Å². The van der Waals surface area contributed by atoms with Crippen molar-refractivity contribution in [2.45, 2.75) is 13.8 Å². The Bertz CT molecular complexity index is 1350. The molecule has 0 amide bonds. The van der Waals surface area contributed by atoms with Crippen LogP contribution in [0, 0.1) is 6.92 Å². The van der Waals surface area contributed by atoms with E-state index in [1.54, 1.807) is 12.1 Å². The molecule has 0 aliphatic carbocycles. The van der Waals surface area contributed by atoms with Crippen LogP contribution in [0.3, 0.4) is 0 Å². The van der Waals surface area contributed by atoms with Crippen LogP contribution in [0.2, 0.25) is 0 Å². The molecular formula is C29H27N3O. The summed E-state index contributed by atoms with van der Waals surface area (Å²) in [7, 11) is 0. The van der Waals surface area contributed by atoms with E-state index in [0.29, 0.717) is 6.54 Å². The summed E-state index contributed by atoms with van der Waals surface area (Å²) in [6.45, 7) is 8.73. The highest BCUT2D eigenvalue weighted by atomic mass is 16.3. The summed E-state index contributed by atoms with van der Waals surface area (Å²) in [5, 5.41) is 15.3. The Hall–Kier alpha value is -4.18. The van der Waals surface area contributed by atoms with Crippen LogP contribution in [0.15, 0.2) is 103 Å². The average molecular weight is 434 g/mol. The van der Waals surface area contributed by atoms with Crippen LogP contribution in [0.5, 0.6) is 5.75 Å². The molecule has 4 aromatic rings. The van der Waals surface area contributed by atoms with E-state index in [2.05, 4.69) is 41.1 Å². The van der Waals surface area contributed by atoms with Crippen molar-refractivity contribution in [3.63, 3.8) is 0 Å². The zero-order chi connectivity index (χ0) is 23.2. The Kier molecular flexibility index (Phi) is 6.65. The fraction of sp³-hybridized carbons (Fsp3) is 0.103. The molecule has 0 atom stereocenters. The largest absolute Gasteiger partial charge is 0.508 e. The molecule has 0 spiro atoms. The molecule has 2 N–H and O–H groups in total. The Balaban J connectivity index is 1.84. The van der Waals surface area contributed by atoms with E-state index in [1.807, 2.05) is 68.7 Å². The van der Waals surface area contributed by atoms with E-state index in [9.17, 15) is 5.11 Å². The van der Waals surface area contributed by atoms with Crippen LogP contribution in [0.4, 0.5) is 5.82 Å². The lowest BCUT2D eigenvalue weighted by molar-refractivity contribution is 0.475. The number of nitrogens with zero attached hydrogens (tertiary/aromatic N) is 2. The maximum absolute atomic E-state index is 9.74. The van der Waals surface area contributed by atoms with Gasteiger partial charge in [0.25, 0.3) is 0 Å². The Morgan fingerprint density at radius 1 is 1.03 bits per heavy atom. The van der Waals surface area contributed by atoms with E-state index < -0.39 is 0 Å². The second-order valence-corrected chi connectivity index (χ2v) is 7.95. The molecule has 0 fully saturated rings. The number of anilines is 1. The number of hydrogen-bond donors (Lipinski definition) is 2. The van der Waals surface area contributed by atoms with Crippen molar-refractivity contribution in [3.05, 3.63) is 109 Å². The Labute approximate surface area is 194 Å². The molecule has 0 saturated carbocycles. The average Bonchev–Trinajstić information content (AvgIpc) is 2.82. The normalized spacial score (nSPS) is 11.5. The van der Waals surface area contributed by atoms with Crippen LogP contribution in [0.25, 0.3) is 33.2 Å². The molecule has 33 heavy (non-hydrogen) atoms. The number of pyridine rings is 2. The van der Waals surface area contributed by atoms with Crippen LogP contribution in [-0.2, 0) is 0 Å². The number of benzene rings is 2. The fourth-order valence-corrected chi connectivity index (χ4v) is 3.72. The van der Waals surface area contributed by atoms with Gasteiger partial charge in [0.05, 0.1) is 5.69 Å². The molecule has 0 aliphatic rings. The highest BCUT2D eigenvalue weighted by Gasteiger charge is 2.13. The van der Waals surface area contributed by atoms with Crippen LogP contribution >= 0.6 is 0 Å². The standard InChI is InChI=1S/C29H27N3O/c1-4-5-6-8-20(2)18-31-29-28-23(16-27(32-29)24-15-21(3)17-30-19-24)9-7-10-26(28)22-11-13-25(33)14-12-22/h4-17,19,33H,2,18H2,1,3H3,(H,31,32)/b5-4-,8-6-. The van der Waals surface area contributed by atoms with Crippen LogP contribution in [0.1, 0.15) is 12.5 Å². The van der Waals surface area contributed by atoms with Gasteiger partial charge in [-0.05, 0) is 65.8 Å². The number of aryl methyl sites for hydroxylation is 1. The summed E-state index contributed by atoms with van der Waals surface area (Å²) >= 11 is 0. The number of hydrogen-bond acceptors (Lipinski definition) is 4. The van der Waals surface area contributed by atoms with Crippen LogP contribution in [-0.4, -0.2) is 21.6 Å². The third kappa shape index (κ3) is 5.18. The van der Waals surface area contributed by atoms with Crippen molar-refractivity contribution in [3.8, 4) is 28.1 Å². The number of allylic oxidation sites excluding steroid dienone is 3. The first-order valence-corrected chi connectivity index (χ1v) is 10.9. The van der Waals surface area contributed by atoms with Gasteiger partial charge in [0.2, 0.25) is 0 Å². The van der Waals surface area contributed by atoms with Crippen LogP contribution < -0.4 is 5.32 Å². The van der Waals surface area contributed by atoms with Crippen molar-refractivity contribution in [1.29, 1.82) is 0 Å². The summed E-state index contributed by atoms with van der Waals surface area (Å²) in [6.07, 6.45) is 11.6. The van der Waals surface area contributed by atoms with Gasteiger partial charge in [-0.3, -0.25) is 4.98 Å². The maximum Gasteiger partial charge on any atom is 0.135 e. The SMILES string of the molecule is C=C(/C=C\C=C/C)CNc1nc(-c2cncc(C)c2)cc2cccc(-c3ccc(O)cc3)c12. The number of nitrogens with one attached hydrogen (secondary N) is 1. The number of phenols is 1. The highest BCUT2D eigenvalue weighted by molar-refractivity contribution is 6.05. The van der Waals surface area contributed by atoms with Gasteiger partial charge in [0.1, 0.15) is 11.6 Å². The van der Waals surface area contributed by atoms with Crippen molar-refractivity contribution in [2.75, 3.05) is 11.9 Å². The molecule has 0 unspecified atom stereocenters. The molecule has 4 rings (SSSR count). The second-order valence-electron chi connectivity index (χ2n) is 7.95. The van der Waals surface area contributed by atoms with Gasteiger partial charge in [-0.25, -0.2) is 4.98 Å². The molecule has 4 heteroatoms. The number of fused-ring (bicyclic) bond motifs is 1. The number of aromatic hydroxyl groups is 1. The van der Waals surface area contributed by atoms with E-state index >= 15 is 0 Å². The molecule has 0 radical (unpaired) electrons. The van der Waals surface area contributed by atoms with Gasteiger partial charge >= 0.3 is 0 Å². The monoisotopic (exact) mass is 433 g/mol. The minimum Gasteiger partial charge on any atom is -0.508 e. The van der Waals surface area contributed by atoms with Gasteiger partial charge in [0.15, 0.2) is 0 Å². The van der Waals surface area contributed by atoms with Gasteiger partial charge in [0, 0.05) is 29.9 Å². The topological polar surface area (TPSA) is 58.0 Å². The maximum atomic E-state index is 9.74. The van der Waals surface area contributed by atoms with E-state index in [4.69, 9.17) is 4.98 Å². The summed E-state index contributed by atoms with van der Waals surface area (Å²) in [5.41, 5.74) is 5.93. The summed E-state index contributed by atoms with van der Waals surface area (Å²) in [5.74, 6) is 1.03. The van der Waals surface area contributed by atoms with Crippen molar-refractivity contribution >= 4 is 16.6 Å². The first-order chi connectivity index (χ1) is 16.0. The quantitative estimate of drug-likeness (QED) is 0.306. The first kappa shape index (κ1) is 22.0. The molecule has 2 heterocycles. The smallest absolute Gasteiger partial charge is 0.135 e. The van der Waals surface area contributed by atoms with Crippen molar-refractivity contribution < 1.29 is 5.11 Å².